The Hall–Kier alpha value is -3.34. The Morgan fingerprint density at radius 1 is 0.622 bits per heavy atom. The van der Waals surface area contributed by atoms with E-state index in [4.69, 9.17) is 9.31 Å². The zero-order valence-corrected chi connectivity index (χ0v) is 22.6. The molecule has 0 aromatic heterocycles. The van der Waals surface area contributed by atoms with Crippen molar-refractivity contribution in [1.29, 1.82) is 0 Å². The van der Waals surface area contributed by atoms with E-state index in [1.165, 1.54) is 22.3 Å². The lowest BCUT2D eigenvalue weighted by Crippen LogP contribution is -2.41. The van der Waals surface area contributed by atoms with Crippen LogP contribution in [0.25, 0.3) is 22.3 Å². The average molecular weight is 487 g/mol. The molecular formula is C33H34BNO2. The molecule has 0 unspecified atom stereocenters. The zero-order valence-electron chi connectivity index (χ0n) is 22.6. The monoisotopic (exact) mass is 487 g/mol. The minimum Gasteiger partial charge on any atom is -0.399 e. The third-order valence-corrected chi connectivity index (χ3v) is 8.53. The van der Waals surface area contributed by atoms with Crippen molar-refractivity contribution in [3.05, 3.63) is 102 Å². The lowest BCUT2D eigenvalue weighted by Gasteiger charge is -2.32. The molecule has 0 saturated carbocycles. The molecule has 1 fully saturated rings. The van der Waals surface area contributed by atoms with Gasteiger partial charge in [-0.25, -0.2) is 0 Å². The van der Waals surface area contributed by atoms with Gasteiger partial charge in [0, 0.05) is 22.4 Å². The Balaban J connectivity index is 1.53. The van der Waals surface area contributed by atoms with E-state index in [9.17, 15) is 0 Å². The second kappa shape index (κ2) is 8.34. The number of nitrogens with one attached hydrogen (secondary N) is 1. The van der Waals surface area contributed by atoms with Crippen molar-refractivity contribution in [2.45, 2.75) is 58.2 Å². The number of hydrogen-bond donors (Lipinski definition) is 1. The fraction of sp³-hybridized carbons (Fsp3) is 0.273. The standard InChI is InChI=1S/C33H34BNO2/c1-31(2)26-16-11-10-15-24(26)25-20-19-22(21-27(25)31)30-28(34-36-32(3,4)33(5,6)37-34)17-12-18-29(30)35-23-13-8-7-9-14-23/h7-21,35H,1-6H3. The molecule has 2 aliphatic rings. The van der Waals surface area contributed by atoms with E-state index in [-0.39, 0.29) is 5.41 Å². The highest BCUT2D eigenvalue weighted by Crippen LogP contribution is 2.50. The summed E-state index contributed by atoms with van der Waals surface area (Å²) in [5.74, 6) is 0. The predicted molar refractivity (Wildman–Crippen MR) is 155 cm³/mol. The van der Waals surface area contributed by atoms with E-state index in [1.807, 2.05) is 6.07 Å². The van der Waals surface area contributed by atoms with Crippen molar-refractivity contribution in [3.63, 3.8) is 0 Å². The maximum absolute atomic E-state index is 6.55. The fourth-order valence-corrected chi connectivity index (χ4v) is 5.70. The van der Waals surface area contributed by atoms with E-state index >= 15 is 0 Å². The van der Waals surface area contributed by atoms with Crippen molar-refractivity contribution >= 4 is 24.0 Å². The van der Waals surface area contributed by atoms with Crippen molar-refractivity contribution in [1.82, 2.24) is 0 Å². The summed E-state index contributed by atoms with van der Waals surface area (Å²) in [6.45, 7) is 13.1. The van der Waals surface area contributed by atoms with Gasteiger partial charge in [0.1, 0.15) is 0 Å². The molecule has 0 bridgehead atoms. The molecule has 0 atom stereocenters. The summed E-state index contributed by atoms with van der Waals surface area (Å²) in [6, 6.07) is 32.4. The van der Waals surface area contributed by atoms with E-state index in [0.29, 0.717) is 0 Å². The molecule has 4 aromatic carbocycles. The molecule has 0 amide bonds. The second-order valence-electron chi connectivity index (χ2n) is 11.8. The number of fused-ring (bicyclic) bond motifs is 3. The summed E-state index contributed by atoms with van der Waals surface area (Å²) in [6.07, 6.45) is 0. The van der Waals surface area contributed by atoms with Crippen LogP contribution in [-0.2, 0) is 14.7 Å². The van der Waals surface area contributed by atoms with Crippen LogP contribution >= 0.6 is 0 Å². The van der Waals surface area contributed by atoms with Crippen LogP contribution < -0.4 is 10.8 Å². The van der Waals surface area contributed by atoms with Gasteiger partial charge in [0.05, 0.1) is 11.2 Å². The molecule has 1 saturated heterocycles. The van der Waals surface area contributed by atoms with E-state index in [1.54, 1.807) is 0 Å². The van der Waals surface area contributed by atoms with Gasteiger partial charge >= 0.3 is 7.12 Å². The van der Waals surface area contributed by atoms with Crippen LogP contribution in [0.1, 0.15) is 52.7 Å². The number of anilines is 2. The van der Waals surface area contributed by atoms with Crippen LogP contribution in [0.3, 0.4) is 0 Å². The third kappa shape index (κ3) is 3.82. The maximum atomic E-state index is 6.55. The number of hydrogen-bond acceptors (Lipinski definition) is 3. The van der Waals surface area contributed by atoms with Crippen molar-refractivity contribution in [2.24, 2.45) is 0 Å². The number of benzene rings is 4. The normalized spacial score (nSPS) is 18.4. The summed E-state index contributed by atoms with van der Waals surface area (Å²) in [5.41, 5.74) is 9.84. The Bertz CT molecular complexity index is 1470. The SMILES string of the molecule is CC1(C)c2ccccc2-c2ccc(-c3c(Nc4ccccc4)cccc3B3OC(C)(C)C(C)(C)O3)cc21. The number of rotatable bonds is 4. The van der Waals surface area contributed by atoms with Crippen molar-refractivity contribution in [2.75, 3.05) is 5.32 Å². The Labute approximate surface area is 221 Å². The van der Waals surface area contributed by atoms with Gasteiger partial charge in [-0.05, 0) is 85.2 Å². The van der Waals surface area contributed by atoms with Crippen LogP contribution in [0.2, 0.25) is 0 Å². The average Bonchev–Trinajstić information content (AvgIpc) is 3.24. The van der Waals surface area contributed by atoms with Gasteiger partial charge in [0.15, 0.2) is 0 Å². The summed E-state index contributed by atoms with van der Waals surface area (Å²) in [5, 5.41) is 3.67. The Kier molecular flexibility index (Phi) is 5.42. The van der Waals surface area contributed by atoms with Crippen LogP contribution in [-0.4, -0.2) is 18.3 Å². The lowest BCUT2D eigenvalue weighted by molar-refractivity contribution is 0.00578. The molecule has 4 heteroatoms. The van der Waals surface area contributed by atoms with E-state index in [0.717, 1.165) is 28.0 Å². The molecule has 186 valence electrons. The van der Waals surface area contributed by atoms with Gasteiger partial charge in [-0.1, -0.05) is 80.6 Å². The molecule has 0 radical (unpaired) electrons. The highest BCUT2D eigenvalue weighted by Gasteiger charge is 2.52. The molecular weight excluding hydrogens is 453 g/mol. The third-order valence-electron chi connectivity index (χ3n) is 8.53. The Morgan fingerprint density at radius 3 is 2.00 bits per heavy atom. The lowest BCUT2D eigenvalue weighted by atomic mass is 9.73. The van der Waals surface area contributed by atoms with Crippen LogP contribution in [0.15, 0.2) is 91.0 Å². The quantitative estimate of drug-likeness (QED) is 0.299. The highest BCUT2D eigenvalue weighted by atomic mass is 16.7. The van der Waals surface area contributed by atoms with E-state index < -0.39 is 18.3 Å². The summed E-state index contributed by atoms with van der Waals surface area (Å²) < 4.78 is 13.1. The topological polar surface area (TPSA) is 30.5 Å². The van der Waals surface area contributed by atoms with Gasteiger partial charge in [-0.3, -0.25) is 0 Å². The summed E-state index contributed by atoms with van der Waals surface area (Å²) >= 11 is 0. The molecule has 3 nitrogen and oxygen atoms in total. The predicted octanol–water partition coefficient (Wildman–Crippen LogP) is 7.70. The minimum absolute atomic E-state index is 0.0752. The van der Waals surface area contributed by atoms with E-state index in [2.05, 4.69) is 132 Å². The first-order valence-electron chi connectivity index (χ1n) is 13.1. The first kappa shape index (κ1) is 24.0. The van der Waals surface area contributed by atoms with Gasteiger partial charge in [0.25, 0.3) is 0 Å². The van der Waals surface area contributed by atoms with Gasteiger partial charge in [0.2, 0.25) is 0 Å². The highest BCUT2D eigenvalue weighted by molar-refractivity contribution is 6.64. The van der Waals surface area contributed by atoms with Crippen LogP contribution in [0, 0.1) is 0 Å². The molecule has 0 spiro atoms. The summed E-state index contributed by atoms with van der Waals surface area (Å²) in [7, 11) is -0.462. The Morgan fingerprint density at radius 2 is 1.27 bits per heavy atom. The van der Waals surface area contributed by atoms with Crippen LogP contribution in [0.5, 0.6) is 0 Å². The number of para-hydroxylation sites is 1. The molecule has 1 aliphatic carbocycles. The smallest absolute Gasteiger partial charge is 0.399 e. The largest absolute Gasteiger partial charge is 0.495 e. The maximum Gasteiger partial charge on any atom is 0.495 e. The summed E-state index contributed by atoms with van der Waals surface area (Å²) in [4.78, 5) is 0. The molecule has 6 rings (SSSR count). The fourth-order valence-electron chi connectivity index (χ4n) is 5.70. The van der Waals surface area contributed by atoms with Gasteiger partial charge < -0.3 is 14.6 Å². The van der Waals surface area contributed by atoms with Gasteiger partial charge in [-0.2, -0.15) is 0 Å². The first-order chi connectivity index (χ1) is 17.6. The minimum atomic E-state index is -0.462. The molecule has 37 heavy (non-hydrogen) atoms. The molecule has 4 aromatic rings. The van der Waals surface area contributed by atoms with Crippen molar-refractivity contribution < 1.29 is 9.31 Å². The molecule has 1 aliphatic heterocycles. The van der Waals surface area contributed by atoms with Crippen LogP contribution in [0.4, 0.5) is 11.4 Å². The first-order valence-corrected chi connectivity index (χ1v) is 13.1. The van der Waals surface area contributed by atoms with Crippen molar-refractivity contribution in [3.8, 4) is 22.3 Å². The zero-order chi connectivity index (χ0) is 26.0. The second-order valence-corrected chi connectivity index (χ2v) is 11.8. The van der Waals surface area contributed by atoms with Gasteiger partial charge in [-0.15, -0.1) is 0 Å². The molecule has 1 N–H and O–H groups in total. The molecule has 1 heterocycles.